The number of aromatic amines is 1. The number of hydrogen-bond acceptors (Lipinski definition) is 3. The van der Waals surface area contributed by atoms with Gasteiger partial charge in [-0.25, -0.2) is 0 Å². The Kier molecular flexibility index (Phi) is 3.87. The summed E-state index contributed by atoms with van der Waals surface area (Å²) in [4.78, 5) is 13.5. The van der Waals surface area contributed by atoms with Crippen molar-refractivity contribution in [2.75, 3.05) is 6.61 Å². The number of hydrogen-bond donors (Lipinski definition) is 1. The summed E-state index contributed by atoms with van der Waals surface area (Å²) in [5, 5.41) is 1.06. The second-order valence-electron chi connectivity index (χ2n) is 4.36. The summed E-state index contributed by atoms with van der Waals surface area (Å²) < 4.78 is 10.6. The maximum absolute atomic E-state index is 10.2. The van der Waals surface area contributed by atoms with Crippen LogP contribution in [0.5, 0.6) is 5.75 Å². The van der Waals surface area contributed by atoms with E-state index in [1.54, 1.807) is 0 Å². The van der Waals surface area contributed by atoms with E-state index in [-0.39, 0.29) is 6.10 Å². The molecule has 0 saturated carbocycles. The average molecular weight is 247 g/mol. The molecule has 0 saturated heterocycles. The van der Waals surface area contributed by atoms with Gasteiger partial charge in [0, 0.05) is 17.3 Å². The minimum atomic E-state index is 0.106. The molecule has 0 radical (unpaired) electrons. The smallest absolute Gasteiger partial charge is 0.293 e. The Morgan fingerprint density at radius 3 is 2.83 bits per heavy atom. The highest BCUT2D eigenvalue weighted by molar-refractivity contribution is 5.87. The summed E-state index contributed by atoms with van der Waals surface area (Å²) in [6.07, 6.45) is 0.727. The van der Waals surface area contributed by atoms with E-state index in [1.165, 1.54) is 0 Å². The summed E-state index contributed by atoms with van der Waals surface area (Å²) in [6.45, 7) is 4.80. The van der Waals surface area contributed by atoms with Crippen molar-refractivity contribution in [3.63, 3.8) is 0 Å². The number of carbonyl (C=O) groups excluding carboxylic acids is 1. The topological polar surface area (TPSA) is 51.3 Å². The third-order valence-electron chi connectivity index (χ3n) is 2.62. The zero-order chi connectivity index (χ0) is 13.0. The number of para-hydroxylation sites is 1. The first kappa shape index (κ1) is 12.5. The van der Waals surface area contributed by atoms with Crippen LogP contribution in [0.15, 0.2) is 24.3 Å². The fourth-order valence-corrected chi connectivity index (χ4v) is 1.93. The van der Waals surface area contributed by atoms with Crippen LogP contribution < -0.4 is 4.74 Å². The molecule has 4 heteroatoms. The van der Waals surface area contributed by atoms with Gasteiger partial charge in [-0.15, -0.1) is 0 Å². The number of nitrogens with one attached hydrogen (secondary N) is 1. The Hall–Kier alpha value is -1.97. The van der Waals surface area contributed by atoms with Crippen molar-refractivity contribution in [3.8, 4) is 5.75 Å². The minimum absolute atomic E-state index is 0.106. The Morgan fingerprint density at radius 1 is 1.33 bits per heavy atom. The lowest BCUT2D eigenvalue weighted by Crippen LogP contribution is -2.08. The van der Waals surface area contributed by atoms with Crippen LogP contribution in [0.3, 0.4) is 0 Å². The molecule has 0 bridgehead atoms. The van der Waals surface area contributed by atoms with Gasteiger partial charge in [0.05, 0.1) is 18.4 Å². The molecule has 1 aromatic carbocycles. The largest absolute Gasteiger partial charge is 0.488 e. The minimum Gasteiger partial charge on any atom is -0.488 e. The first-order valence-electron chi connectivity index (χ1n) is 6.04. The number of carbonyl (C=O) groups is 1. The average Bonchev–Trinajstić information content (AvgIpc) is 2.68. The van der Waals surface area contributed by atoms with E-state index in [0.29, 0.717) is 19.5 Å². The van der Waals surface area contributed by atoms with Crippen molar-refractivity contribution in [3.05, 3.63) is 30.0 Å². The van der Waals surface area contributed by atoms with E-state index in [4.69, 9.17) is 9.47 Å². The second kappa shape index (κ2) is 5.58. The van der Waals surface area contributed by atoms with Crippen LogP contribution in [0.1, 0.15) is 19.5 Å². The van der Waals surface area contributed by atoms with Gasteiger partial charge in [0.2, 0.25) is 0 Å². The Bertz CT molecular complexity index is 531. The van der Waals surface area contributed by atoms with E-state index >= 15 is 0 Å². The van der Waals surface area contributed by atoms with Crippen LogP contribution in [0.2, 0.25) is 0 Å². The fourth-order valence-electron chi connectivity index (χ4n) is 1.93. The third-order valence-corrected chi connectivity index (χ3v) is 2.62. The van der Waals surface area contributed by atoms with Gasteiger partial charge in [0.15, 0.2) is 0 Å². The second-order valence-corrected chi connectivity index (χ2v) is 4.36. The van der Waals surface area contributed by atoms with Crippen molar-refractivity contribution in [1.82, 2.24) is 4.98 Å². The summed E-state index contributed by atoms with van der Waals surface area (Å²) in [5.41, 5.74) is 2.00. The van der Waals surface area contributed by atoms with Crippen molar-refractivity contribution in [2.45, 2.75) is 26.4 Å². The maximum atomic E-state index is 10.2. The van der Waals surface area contributed by atoms with Crippen LogP contribution in [0, 0.1) is 0 Å². The van der Waals surface area contributed by atoms with Gasteiger partial charge in [-0.05, 0) is 26.0 Å². The highest BCUT2D eigenvalue weighted by Gasteiger charge is 2.13. The molecular formula is C14H17NO3. The standard InChI is InChI=1S/C14H17NO3/c1-10(2)18-14-11-5-3-4-6-12(11)15-13(14)7-8-17-9-16/h3-6,9-10,15H,7-8H2,1-2H3. The number of aromatic nitrogens is 1. The van der Waals surface area contributed by atoms with E-state index < -0.39 is 0 Å². The number of rotatable bonds is 6. The molecule has 2 aromatic rings. The molecule has 0 aliphatic heterocycles. The Labute approximate surface area is 106 Å². The van der Waals surface area contributed by atoms with Gasteiger partial charge in [0.1, 0.15) is 5.75 Å². The van der Waals surface area contributed by atoms with Gasteiger partial charge >= 0.3 is 0 Å². The monoisotopic (exact) mass is 247 g/mol. The third kappa shape index (κ3) is 2.64. The number of fused-ring (bicyclic) bond motifs is 1. The highest BCUT2D eigenvalue weighted by Crippen LogP contribution is 2.31. The maximum Gasteiger partial charge on any atom is 0.293 e. The van der Waals surface area contributed by atoms with Crippen molar-refractivity contribution in [2.24, 2.45) is 0 Å². The zero-order valence-corrected chi connectivity index (χ0v) is 10.6. The number of benzene rings is 1. The predicted molar refractivity (Wildman–Crippen MR) is 69.8 cm³/mol. The molecule has 18 heavy (non-hydrogen) atoms. The number of ether oxygens (including phenoxy) is 2. The Balaban J connectivity index is 2.33. The summed E-state index contributed by atoms with van der Waals surface area (Å²) in [6, 6.07) is 7.99. The first-order valence-corrected chi connectivity index (χ1v) is 6.04. The molecule has 0 spiro atoms. The van der Waals surface area contributed by atoms with Crippen LogP contribution in [0.25, 0.3) is 10.9 Å². The lowest BCUT2D eigenvalue weighted by atomic mass is 10.2. The molecule has 96 valence electrons. The zero-order valence-electron chi connectivity index (χ0n) is 10.6. The summed E-state index contributed by atoms with van der Waals surface area (Å²) in [7, 11) is 0. The van der Waals surface area contributed by atoms with Gasteiger partial charge < -0.3 is 14.5 Å². The van der Waals surface area contributed by atoms with E-state index in [0.717, 1.165) is 22.3 Å². The SMILES string of the molecule is CC(C)Oc1c(CCOC=O)[nH]c2ccccc12. The number of H-pyrrole nitrogens is 1. The molecule has 1 heterocycles. The van der Waals surface area contributed by atoms with Crippen LogP contribution >= 0.6 is 0 Å². The molecule has 4 nitrogen and oxygen atoms in total. The lowest BCUT2D eigenvalue weighted by Gasteiger charge is -2.11. The van der Waals surface area contributed by atoms with Gasteiger partial charge in [-0.1, -0.05) is 12.1 Å². The predicted octanol–water partition coefficient (Wildman–Crippen LogP) is 2.67. The molecule has 0 fully saturated rings. The summed E-state index contributed by atoms with van der Waals surface area (Å²) >= 11 is 0. The first-order chi connectivity index (χ1) is 8.72. The Morgan fingerprint density at radius 2 is 2.11 bits per heavy atom. The van der Waals surface area contributed by atoms with Crippen LogP contribution in [-0.4, -0.2) is 24.2 Å². The van der Waals surface area contributed by atoms with Gasteiger partial charge in [-0.3, -0.25) is 4.79 Å². The van der Waals surface area contributed by atoms with Gasteiger partial charge in [-0.2, -0.15) is 0 Å². The van der Waals surface area contributed by atoms with Crippen molar-refractivity contribution in [1.29, 1.82) is 0 Å². The molecule has 0 aliphatic carbocycles. The van der Waals surface area contributed by atoms with E-state index in [1.807, 2.05) is 38.1 Å². The normalized spacial score (nSPS) is 10.8. The molecule has 0 unspecified atom stereocenters. The van der Waals surface area contributed by atoms with Crippen molar-refractivity contribution >= 4 is 17.4 Å². The molecule has 0 aliphatic rings. The van der Waals surface area contributed by atoms with E-state index in [2.05, 4.69) is 4.98 Å². The molecule has 0 amide bonds. The molecule has 2 rings (SSSR count). The summed E-state index contributed by atoms with van der Waals surface area (Å²) in [5.74, 6) is 0.857. The van der Waals surface area contributed by atoms with Crippen LogP contribution in [-0.2, 0) is 16.0 Å². The molecule has 1 aromatic heterocycles. The molecule has 0 atom stereocenters. The highest BCUT2D eigenvalue weighted by atomic mass is 16.5. The quantitative estimate of drug-likeness (QED) is 0.630. The van der Waals surface area contributed by atoms with Crippen molar-refractivity contribution < 1.29 is 14.3 Å². The fraction of sp³-hybridized carbons (Fsp3) is 0.357. The van der Waals surface area contributed by atoms with Crippen LogP contribution in [0.4, 0.5) is 0 Å². The van der Waals surface area contributed by atoms with Gasteiger partial charge in [0.25, 0.3) is 6.47 Å². The molecular weight excluding hydrogens is 230 g/mol. The lowest BCUT2D eigenvalue weighted by molar-refractivity contribution is -0.128. The molecule has 1 N–H and O–H groups in total. The van der Waals surface area contributed by atoms with E-state index in [9.17, 15) is 4.79 Å².